The second kappa shape index (κ2) is 9.92. The van der Waals surface area contributed by atoms with Gasteiger partial charge in [0.05, 0.1) is 11.1 Å². The van der Waals surface area contributed by atoms with Gasteiger partial charge in [-0.2, -0.15) is 0 Å². The number of nitrogens with zero attached hydrogens (tertiary/aromatic N) is 2. The Bertz CT molecular complexity index is 907. The Morgan fingerprint density at radius 2 is 1.90 bits per heavy atom. The highest BCUT2D eigenvalue weighted by Gasteiger charge is 2.33. The summed E-state index contributed by atoms with van der Waals surface area (Å²) in [4.78, 5) is 16.7. The molecule has 1 N–H and O–H groups in total. The number of likely N-dealkylation sites (tertiary alicyclic amines) is 1. The summed E-state index contributed by atoms with van der Waals surface area (Å²) in [5, 5.41) is 3.74. The molecule has 2 aliphatic rings. The van der Waals surface area contributed by atoms with Crippen molar-refractivity contribution in [2.75, 3.05) is 32.0 Å². The van der Waals surface area contributed by atoms with Crippen LogP contribution in [0.3, 0.4) is 0 Å². The van der Waals surface area contributed by atoms with Gasteiger partial charge in [-0.1, -0.05) is 41.9 Å². The van der Waals surface area contributed by atoms with E-state index in [4.69, 9.17) is 16.3 Å². The van der Waals surface area contributed by atoms with Crippen LogP contribution in [-0.2, 0) is 6.54 Å². The molecule has 2 fully saturated rings. The number of carbonyl (C=O) groups excluding carboxylic acids is 1. The molecule has 0 spiro atoms. The minimum Gasteiger partial charge on any atom is -0.489 e. The van der Waals surface area contributed by atoms with E-state index in [1.165, 1.54) is 12.8 Å². The number of anilines is 1. The fraction of sp³-hybridized carbons (Fsp3) is 0.480. The highest BCUT2D eigenvalue weighted by Crippen LogP contribution is 2.36. The highest BCUT2D eigenvalue weighted by atomic mass is 35.5. The molecule has 31 heavy (non-hydrogen) atoms. The van der Waals surface area contributed by atoms with Crippen LogP contribution in [0.15, 0.2) is 42.5 Å². The third-order valence-corrected chi connectivity index (χ3v) is 6.82. The molecule has 6 heteroatoms. The summed E-state index contributed by atoms with van der Waals surface area (Å²) < 4.78 is 6.20. The van der Waals surface area contributed by atoms with Crippen molar-refractivity contribution in [3.8, 4) is 5.75 Å². The van der Waals surface area contributed by atoms with Crippen molar-refractivity contribution in [1.29, 1.82) is 0 Å². The summed E-state index contributed by atoms with van der Waals surface area (Å²) in [5.74, 6) is 1.23. The normalized spacial score (nSPS) is 20.9. The SMILES string of the molecule is Cc1ccccc1NC(=O)N(C)CC1CC(Oc2cccc(CN3CCCC3)c2Cl)C1. The van der Waals surface area contributed by atoms with Crippen LogP contribution in [0.1, 0.15) is 36.8 Å². The summed E-state index contributed by atoms with van der Waals surface area (Å²) in [6.07, 6.45) is 4.59. The monoisotopic (exact) mass is 441 g/mol. The van der Waals surface area contributed by atoms with Crippen LogP contribution in [-0.4, -0.2) is 48.6 Å². The third kappa shape index (κ3) is 5.52. The van der Waals surface area contributed by atoms with E-state index in [2.05, 4.69) is 16.3 Å². The maximum Gasteiger partial charge on any atom is 0.321 e. The van der Waals surface area contributed by atoms with Gasteiger partial charge in [0.25, 0.3) is 0 Å². The first-order chi connectivity index (χ1) is 15.0. The van der Waals surface area contributed by atoms with E-state index >= 15 is 0 Å². The molecule has 1 aliphatic carbocycles. The fourth-order valence-corrected chi connectivity index (χ4v) is 4.67. The summed E-state index contributed by atoms with van der Waals surface area (Å²) in [7, 11) is 1.85. The van der Waals surface area contributed by atoms with Gasteiger partial charge in [0, 0.05) is 25.8 Å². The number of para-hydroxylation sites is 1. The Labute approximate surface area is 190 Å². The zero-order chi connectivity index (χ0) is 21.8. The number of benzene rings is 2. The van der Waals surface area contributed by atoms with E-state index in [9.17, 15) is 4.79 Å². The van der Waals surface area contributed by atoms with Crippen LogP contribution in [0, 0.1) is 12.8 Å². The topological polar surface area (TPSA) is 44.8 Å². The van der Waals surface area contributed by atoms with Gasteiger partial charge in [-0.3, -0.25) is 4.90 Å². The smallest absolute Gasteiger partial charge is 0.321 e. The lowest BCUT2D eigenvalue weighted by molar-refractivity contribution is 0.0532. The molecule has 1 saturated carbocycles. The van der Waals surface area contributed by atoms with Crippen molar-refractivity contribution in [3.05, 3.63) is 58.6 Å². The van der Waals surface area contributed by atoms with Crippen molar-refractivity contribution in [1.82, 2.24) is 9.80 Å². The second-order valence-electron chi connectivity index (χ2n) is 8.92. The van der Waals surface area contributed by atoms with Crippen LogP contribution in [0.4, 0.5) is 10.5 Å². The van der Waals surface area contributed by atoms with Gasteiger partial charge in [-0.05, 0) is 74.9 Å². The maximum absolute atomic E-state index is 12.5. The maximum atomic E-state index is 12.5. The number of hydrogen-bond acceptors (Lipinski definition) is 3. The molecular weight excluding hydrogens is 410 g/mol. The Hall–Kier alpha value is -2.24. The lowest BCUT2D eigenvalue weighted by Gasteiger charge is -2.37. The Morgan fingerprint density at radius 1 is 1.16 bits per heavy atom. The molecule has 0 bridgehead atoms. The minimum absolute atomic E-state index is 0.0728. The van der Waals surface area contributed by atoms with Crippen molar-refractivity contribution < 1.29 is 9.53 Å². The molecule has 1 saturated heterocycles. The van der Waals surface area contributed by atoms with Crippen LogP contribution < -0.4 is 10.1 Å². The van der Waals surface area contributed by atoms with Gasteiger partial charge in [-0.25, -0.2) is 4.79 Å². The molecule has 1 aliphatic heterocycles. The molecule has 0 aromatic heterocycles. The first-order valence-corrected chi connectivity index (χ1v) is 11.6. The molecule has 4 rings (SSSR count). The number of hydrogen-bond donors (Lipinski definition) is 1. The summed E-state index contributed by atoms with van der Waals surface area (Å²) >= 11 is 6.65. The average molecular weight is 442 g/mol. The molecule has 2 aromatic carbocycles. The first-order valence-electron chi connectivity index (χ1n) is 11.2. The van der Waals surface area contributed by atoms with E-state index in [1.54, 1.807) is 4.90 Å². The number of amides is 2. The zero-order valence-electron chi connectivity index (χ0n) is 18.4. The Morgan fingerprint density at radius 3 is 2.65 bits per heavy atom. The Kier molecular flexibility index (Phi) is 7.03. The van der Waals surface area contributed by atoms with Gasteiger partial charge >= 0.3 is 6.03 Å². The fourth-order valence-electron chi connectivity index (χ4n) is 4.44. The number of rotatable bonds is 7. The lowest BCUT2D eigenvalue weighted by atomic mass is 9.82. The number of urea groups is 1. The van der Waals surface area contributed by atoms with E-state index in [0.717, 1.165) is 66.6 Å². The number of halogens is 1. The molecule has 166 valence electrons. The number of nitrogens with one attached hydrogen (secondary N) is 1. The van der Waals surface area contributed by atoms with Crippen molar-refractivity contribution in [2.45, 2.75) is 45.3 Å². The molecule has 2 amide bonds. The largest absolute Gasteiger partial charge is 0.489 e. The standard InChI is InChI=1S/C25H32ClN3O2/c1-18-8-3-4-10-22(18)27-25(30)28(2)16-19-14-21(15-19)31-23-11-7-9-20(24(23)26)17-29-12-5-6-13-29/h3-4,7-11,19,21H,5-6,12-17H2,1-2H3,(H,27,30). The van der Waals surface area contributed by atoms with Crippen molar-refractivity contribution >= 4 is 23.3 Å². The number of carbonyl (C=O) groups is 1. The molecular formula is C25H32ClN3O2. The summed E-state index contributed by atoms with van der Waals surface area (Å²) in [5.41, 5.74) is 3.06. The molecule has 1 heterocycles. The van der Waals surface area contributed by atoms with Crippen molar-refractivity contribution in [2.24, 2.45) is 5.92 Å². The van der Waals surface area contributed by atoms with E-state index in [1.807, 2.05) is 50.4 Å². The predicted molar refractivity (Wildman–Crippen MR) is 126 cm³/mol. The van der Waals surface area contributed by atoms with Gasteiger partial charge in [-0.15, -0.1) is 0 Å². The van der Waals surface area contributed by atoms with Gasteiger partial charge in [0.2, 0.25) is 0 Å². The van der Waals surface area contributed by atoms with Gasteiger partial charge in [0.15, 0.2) is 0 Å². The molecule has 2 aromatic rings. The van der Waals surface area contributed by atoms with E-state index in [0.29, 0.717) is 5.92 Å². The summed E-state index contributed by atoms with van der Waals surface area (Å²) in [6, 6.07) is 13.8. The second-order valence-corrected chi connectivity index (χ2v) is 9.29. The minimum atomic E-state index is -0.0728. The first kappa shape index (κ1) is 22.0. The molecule has 5 nitrogen and oxygen atoms in total. The lowest BCUT2D eigenvalue weighted by Crippen LogP contribution is -2.43. The third-order valence-electron chi connectivity index (χ3n) is 6.39. The van der Waals surface area contributed by atoms with Crippen LogP contribution >= 0.6 is 11.6 Å². The van der Waals surface area contributed by atoms with Gasteiger partial charge in [0.1, 0.15) is 5.75 Å². The predicted octanol–water partition coefficient (Wildman–Crippen LogP) is 5.57. The van der Waals surface area contributed by atoms with Crippen LogP contribution in [0.2, 0.25) is 5.02 Å². The molecule has 0 unspecified atom stereocenters. The number of ether oxygens (including phenoxy) is 1. The quantitative estimate of drug-likeness (QED) is 0.611. The summed E-state index contributed by atoms with van der Waals surface area (Å²) in [6.45, 7) is 5.91. The van der Waals surface area contributed by atoms with Crippen molar-refractivity contribution in [3.63, 3.8) is 0 Å². The average Bonchev–Trinajstić information content (AvgIpc) is 3.23. The molecule has 0 radical (unpaired) electrons. The molecule has 0 atom stereocenters. The zero-order valence-corrected chi connectivity index (χ0v) is 19.2. The van der Waals surface area contributed by atoms with Gasteiger partial charge < -0.3 is 15.0 Å². The van der Waals surface area contributed by atoms with Crippen LogP contribution in [0.25, 0.3) is 0 Å². The number of aryl methyl sites for hydroxylation is 1. The highest BCUT2D eigenvalue weighted by molar-refractivity contribution is 6.32. The van der Waals surface area contributed by atoms with E-state index < -0.39 is 0 Å². The van der Waals surface area contributed by atoms with E-state index in [-0.39, 0.29) is 12.1 Å². The Balaban J connectivity index is 1.24. The van der Waals surface area contributed by atoms with Crippen LogP contribution in [0.5, 0.6) is 5.75 Å².